The fraction of sp³-hybridized carbons (Fsp3) is 0.348. The second-order valence-electron chi connectivity index (χ2n) is 7.45. The number of thiophene rings is 1. The Hall–Kier alpha value is -2.98. The Morgan fingerprint density at radius 1 is 1.12 bits per heavy atom. The Kier molecular flexibility index (Phi) is 7.56. The highest BCUT2D eigenvalue weighted by molar-refractivity contribution is 7.99. The van der Waals surface area contributed by atoms with Gasteiger partial charge < -0.3 is 13.9 Å². The van der Waals surface area contributed by atoms with Crippen LogP contribution >= 0.6 is 23.1 Å². The first kappa shape index (κ1) is 23.2. The van der Waals surface area contributed by atoms with Gasteiger partial charge in [0.05, 0.1) is 17.2 Å². The van der Waals surface area contributed by atoms with Crippen LogP contribution in [0.1, 0.15) is 31.7 Å². The van der Waals surface area contributed by atoms with Gasteiger partial charge in [0.15, 0.2) is 11.0 Å². The molecule has 0 aliphatic heterocycles. The van der Waals surface area contributed by atoms with Gasteiger partial charge in [0.2, 0.25) is 11.8 Å². The Bertz CT molecular complexity index is 1200. The summed E-state index contributed by atoms with van der Waals surface area (Å²) >= 11 is 2.94. The van der Waals surface area contributed by atoms with Crippen LogP contribution in [0, 0.1) is 6.92 Å². The van der Waals surface area contributed by atoms with Crippen molar-refractivity contribution in [3.8, 4) is 22.2 Å². The van der Waals surface area contributed by atoms with Crippen molar-refractivity contribution < 1.29 is 9.21 Å². The lowest BCUT2D eigenvalue weighted by molar-refractivity contribution is -0.129. The third-order valence-electron chi connectivity index (χ3n) is 5.11. The van der Waals surface area contributed by atoms with Crippen LogP contribution < -0.4 is 0 Å². The van der Waals surface area contributed by atoms with E-state index in [1.165, 1.54) is 23.1 Å². The van der Waals surface area contributed by atoms with E-state index in [-0.39, 0.29) is 11.7 Å². The molecule has 4 rings (SSSR count). The average Bonchev–Trinajstić information content (AvgIpc) is 3.58. The average molecular weight is 483 g/mol. The molecular formula is C23H26N6O2S2. The van der Waals surface area contributed by atoms with E-state index in [1.807, 2.05) is 42.6 Å². The van der Waals surface area contributed by atoms with Crippen LogP contribution in [-0.4, -0.2) is 48.1 Å². The summed E-state index contributed by atoms with van der Waals surface area (Å²) in [5.74, 6) is 2.00. The van der Waals surface area contributed by atoms with Crippen molar-refractivity contribution >= 4 is 29.0 Å². The number of amides is 1. The van der Waals surface area contributed by atoms with Gasteiger partial charge in [0.1, 0.15) is 0 Å². The fourth-order valence-corrected chi connectivity index (χ4v) is 5.01. The molecule has 0 saturated heterocycles. The van der Waals surface area contributed by atoms with Crippen LogP contribution in [0.5, 0.6) is 0 Å². The van der Waals surface area contributed by atoms with Crippen LogP contribution in [-0.2, 0) is 17.9 Å². The highest BCUT2D eigenvalue weighted by atomic mass is 32.2. The van der Waals surface area contributed by atoms with Gasteiger partial charge in [-0.05, 0) is 37.3 Å². The van der Waals surface area contributed by atoms with Crippen molar-refractivity contribution in [2.45, 2.75) is 45.4 Å². The summed E-state index contributed by atoms with van der Waals surface area (Å²) in [4.78, 5) is 15.7. The van der Waals surface area contributed by atoms with Crippen molar-refractivity contribution in [2.75, 3.05) is 12.3 Å². The molecule has 0 saturated carbocycles. The summed E-state index contributed by atoms with van der Waals surface area (Å²) < 4.78 is 7.83. The molecule has 10 heteroatoms. The molecule has 0 fully saturated rings. The highest BCUT2D eigenvalue weighted by Crippen LogP contribution is 2.27. The summed E-state index contributed by atoms with van der Waals surface area (Å²) in [6, 6.07) is 12.0. The van der Waals surface area contributed by atoms with Crippen molar-refractivity contribution in [3.63, 3.8) is 0 Å². The van der Waals surface area contributed by atoms with Crippen molar-refractivity contribution in [1.82, 2.24) is 29.9 Å². The first-order valence-electron chi connectivity index (χ1n) is 10.9. The second kappa shape index (κ2) is 10.8. The van der Waals surface area contributed by atoms with Gasteiger partial charge in [-0.3, -0.25) is 4.79 Å². The van der Waals surface area contributed by atoms with E-state index in [0.29, 0.717) is 24.9 Å². The van der Waals surface area contributed by atoms with Crippen LogP contribution in [0.2, 0.25) is 0 Å². The number of carbonyl (C=O) groups excluding carboxylic acids is 1. The Morgan fingerprint density at radius 3 is 2.70 bits per heavy atom. The van der Waals surface area contributed by atoms with E-state index in [0.717, 1.165) is 40.0 Å². The molecule has 4 aromatic rings. The summed E-state index contributed by atoms with van der Waals surface area (Å²) in [7, 11) is 0. The molecule has 3 heterocycles. The molecule has 0 aliphatic carbocycles. The standard InChI is InChI=1S/C23H26N6O2S2/c1-4-12-28(14-19-24-26-22(31-19)18-11-8-13-32-18)20(30)15-33-23-27-25-21(29(23)5-2)17-10-7-6-9-16(17)3/h6-11,13H,4-5,12,14-15H2,1-3H3. The quantitative estimate of drug-likeness (QED) is 0.297. The van der Waals surface area contributed by atoms with E-state index >= 15 is 0 Å². The SMILES string of the molecule is CCCN(Cc1nnc(-c2cccs2)o1)C(=O)CSc1nnc(-c2ccccc2C)n1CC. The zero-order valence-electron chi connectivity index (χ0n) is 18.9. The molecule has 33 heavy (non-hydrogen) atoms. The summed E-state index contributed by atoms with van der Waals surface area (Å²) in [5.41, 5.74) is 2.19. The predicted molar refractivity (Wildman–Crippen MR) is 130 cm³/mol. The molecule has 3 aromatic heterocycles. The van der Waals surface area contributed by atoms with Gasteiger partial charge in [-0.1, -0.05) is 49.0 Å². The molecule has 0 radical (unpaired) electrons. The maximum atomic E-state index is 13.0. The predicted octanol–water partition coefficient (Wildman–Crippen LogP) is 4.92. The zero-order chi connectivity index (χ0) is 23.2. The van der Waals surface area contributed by atoms with E-state index < -0.39 is 0 Å². The van der Waals surface area contributed by atoms with E-state index in [1.54, 1.807) is 4.90 Å². The maximum Gasteiger partial charge on any atom is 0.257 e. The highest BCUT2D eigenvalue weighted by Gasteiger charge is 2.20. The van der Waals surface area contributed by atoms with Crippen LogP contribution in [0.4, 0.5) is 0 Å². The van der Waals surface area contributed by atoms with Gasteiger partial charge >= 0.3 is 0 Å². The molecule has 1 aromatic carbocycles. The number of carbonyl (C=O) groups is 1. The van der Waals surface area contributed by atoms with Crippen LogP contribution in [0.3, 0.4) is 0 Å². The van der Waals surface area contributed by atoms with Crippen molar-refractivity contribution in [3.05, 3.63) is 53.2 Å². The number of benzene rings is 1. The lowest BCUT2D eigenvalue weighted by Crippen LogP contribution is -2.33. The van der Waals surface area contributed by atoms with Gasteiger partial charge in [-0.15, -0.1) is 31.7 Å². The van der Waals surface area contributed by atoms with Gasteiger partial charge in [0.25, 0.3) is 5.89 Å². The topological polar surface area (TPSA) is 89.9 Å². The van der Waals surface area contributed by atoms with Crippen LogP contribution in [0.25, 0.3) is 22.2 Å². The molecule has 0 aliphatic rings. The monoisotopic (exact) mass is 482 g/mol. The molecular weight excluding hydrogens is 456 g/mol. The number of aryl methyl sites for hydroxylation is 1. The number of thioether (sulfide) groups is 1. The second-order valence-corrected chi connectivity index (χ2v) is 9.34. The summed E-state index contributed by atoms with van der Waals surface area (Å²) in [6.45, 7) is 7.79. The first-order chi connectivity index (χ1) is 16.1. The van der Waals surface area contributed by atoms with E-state index in [9.17, 15) is 4.79 Å². The van der Waals surface area contributed by atoms with Gasteiger partial charge in [0, 0.05) is 18.7 Å². The third kappa shape index (κ3) is 5.33. The number of aromatic nitrogens is 5. The van der Waals surface area contributed by atoms with E-state index in [4.69, 9.17) is 4.42 Å². The lowest BCUT2D eigenvalue weighted by atomic mass is 10.1. The van der Waals surface area contributed by atoms with Crippen molar-refractivity contribution in [2.24, 2.45) is 0 Å². The molecule has 0 atom stereocenters. The lowest BCUT2D eigenvalue weighted by Gasteiger charge is -2.20. The minimum Gasteiger partial charge on any atom is -0.418 e. The maximum absolute atomic E-state index is 13.0. The molecule has 0 N–H and O–H groups in total. The Labute approximate surface area is 201 Å². The third-order valence-corrected chi connectivity index (χ3v) is 6.92. The van der Waals surface area contributed by atoms with Gasteiger partial charge in [-0.2, -0.15) is 0 Å². The number of hydrogen-bond acceptors (Lipinski definition) is 8. The minimum absolute atomic E-state index is 0.000758. The van der Waals surface area contributed by atoms with Crippen molar-refractivity contribution in [1.29, 1.82) is 0 Å². The first-order valence-corrected chi connectivity index (χ1v) is 12.7. The van der Waals surface area contributed by atoms with Crippen LogP contribution in [0.15, 0.2) is 51.4 Å². The number of rotatable bonds is 10. The molecule has 8 nitrogen and oxygen atoms in total. The Morgan fingerprint density at radius 2 is 1.97 bits per heavy atom. The summed E-state index contributed by atoms with van der Waals surface area (Å²) in [6.07, 6.45) is 0.838. The number of nitrogens with zero attached hydrogens (tertiary/aromatic N) is 6. The zero-order valence-corrected chi connectivity index (χ0v) is 20.5. The normalized spacial score (nSPS) is 11.1. The minimum atomic E-state index is 0.000758. The van der Waals surface area contributed by atoms with Gasteiger partial charge in [-0.25, -0.2) is 0 Å². The summed E-state index contributed by atoms with van der Waals surface area (Å²) in [5, 5.41) is 19.7. The molecule has 172 valence electrons. The largest absolute Gasteiger partial charge is 0.418 e. The molecule has 1 amide bonds. The molecule has 0 bridgehead atoms. The molecule has 0 spiro atoms. The van der Waals surface area contributed by atoms with E-state index in [2.05, 4.69) is 44.9 Å². The molecule has 0 unspecified atom stereocenters. The Balaban J connectivity index is 1.44. The number of hydrogen-bond donors (Lipinski definition) is 0. The fourth-order valence-electron chi connectivity index (χ4n) is 3.46. The smallest absolute Gasteiger partial charge is 0.257 e.